The lowest BCUT2D eigenvalue weighted by Crippen LogP contribution is -2.24. The molecular weight excluding hydrogens is 347 g/mol. The predicted octanol–water partition coefficient (Wildman–Crippen LogP) is 4.38. The lowest BCUT2D eigenvalue weighted by Gasteiger charge is -2.26. The SMILES string of the molecule is O=S(=O)(c1ccc(N2CCCC2c2cccs2)cc1)C(F)(F)F. The van der Waals surface area contributed by atoms with Gasteiger partial charge in [-0.25, -0.2) is 8.42 Å². The van der Waals surface area contributed by atoms with Crippen molar-refractivity contribution in [2.24, 2.45) is 0 Å². The smallest absolute Gasteiger partial charge is 0.364 e. The zero-order chi connectivity index (χ0) is 16.7. The van der Waals surface area contributed by atoms with Gasteiger partial charge in [-0.2, -0.15) is 13.2 Å². The molecule has 1 fully saturated rings. The molecule has 1 aromatic carbocycles. The first-order valence-electron chi connectivity index (χ1n) is 7.02. The molecule has 1 atom stereocenters. The fraction of sp³-hybridized carbons (Fsp3) is 0.333. The molecule has 0 bridgehead atoms. The highest BCUT2D eigenvalue weighted by Crippen LogP contribution is 2.39. The minimum atomic E-state index is -5.29. The van der Waals surface area contributed by atoms with Gasteiger partial charge in [0.1, 0.15) is 0 Å². The number of hydrogen-bond acceptors (Lipinski definition) is 4. The molecule has 124 valence electrons. The lowest BCUT2D eigenvalue weighted by atomic mass is 10.1. The summed E-state index contributed by atoms with van der Waals surface area (Å²) in [6.45, 7) is 0.800. The number of rotatable bonds is 3. The van der Waals surface area contributed by atoms with Crippen LogP contribution in [-0.4, -0.2) is 20.5 Å². The second kappa shape index (κ2) is 5.83. The van der Waals surface area contributed by atoms with Crippen molar-refractivity contribution < 1.29 is 21.6 Å². The number of nitrogens with zero attached hydrogens (tertiary/aromatic N) is 1. The maximum atomic E-state index is 12.6. The fourth-order valence-corrected chi connectivity index (χ4v) is 4.44. The van der Waals surface area contributed by atoms with Gasteiger partial charge in [-0.3, -0.25) is 0 Å². The first-order valence-corrected chi connectivity index (χ1v) is 9.38. The van der Waals surface area contributed by atoms with Gasteiger partial charge in [0.25, 0.3) is 9.84 Å². The number of halogens is 3. The van der Waals surface area contributed by atoms with Crippen molar-refractivity contribution in [2.75, 3.05) is 11.4 Å². The average Bonchev–Trinajstić information content (AvgIpc) is 3.17. The maximum absolute atomic E-state index is 12.6. The van der Waals surface area contributed by atoms with Crippen molar-refractivity contribution in [3.63, 3.8) is 0 Å². The van der Waals surface area contributed by atoms with E-state index in [1.807, 2.05) is 17.5 Å². The first-order chi connectivity index (χ1) is 10.8. The molecule has 23 heavy (non-hydrogen) atoms. The van der Waals surface area contributed by atoms with E-state index in [2.05, 4.69) is 4.90 Å². The summed E-state index contributed by atoms with van der Waals surface area (Å²) in [6.07, 6.45) is 1.97. The Balaban J connectivity index is 1.88. The Morgan fingerprint density at radius 1 is 1.13 bits per heavy atom. The van der Waals surface area contributed by atoms with Crippen LogP contribution in [-0.2, 0) is 9.84 Å². The molecule has 1 saturated heterocycles. The number of thiophene rings is 1. The summed E-state index contributed by atoms with van der Waals surface area (Å²) in [5.41, 5.74) is -4.54. The third-order valence-electron chi connectivity index (χ3n) is 3.91. The van der Waals surface area contributed by atoms with E-state index in [9.17, 15) is 21.6 Å². The van der Waals surface area contributed by atoms with E-state index in [1.54, 1.807) is 11.3 Å². The third kappa shape index (κ3) is 2.97. The monoisotopic (exact) mass is 361 g/mol. The van der Waals surface area contributed by atoms with Crippen molar-refractivity contribution in [1.29, 1.82) is 0 Å². The highest BCUT2D eigenvalue weighted by molar-refractivity contribution is 7.92. The van der Waals surface area contributed by atoms with E-state index in [1.165, 1.54) is 17.0 Å². The Labute approximate surface area is 136 Å². The lowest BCUT2D eigenvalue weighted by molar-refractivity contribution is -0.0436. The van der Waals surface area contributed by atoms with Crippen LogP contribution >= 0.6 is 11.3 Å². The van der Waals surface area contributed by atoms with Gasteiger partial charge in [0.2, 0.25) is 0 Å². The van der Waals surface area contributed by atoms with E-state index < -0.39 is 20.2 Å². The van der Waals surface area contributed by atoms with Crippen molar-refractivity contribution in [2.45, 2.75) is 29.3 Å². The maximum Gasteiger partial charge on any atom is 0.501 e. The van der Waals surface area contributed by atoms with Crippen LogP contribution in [0.3, 0.4) is 0 Å². The molecule has 0 radical (unpaired) electrons. The normalized spacial score (nSPS) is 19.3. The largest absolute Gasteiger partial charge is 0.501 e. The van der Waals surface area contributed by atoms with Gasteiger partial charge in [0.15, 0.2) is 0 Å². The van der Waals surface area contributed by atoms with Gasteiger partial charge in [-0.1, -0.05) is 6.07 Å². The van der Waals surface area contributed by atoms with Crippen molar-refractivity contribution in [3.8, 4) is 0 Å². The summed E-state index contributed by atoms with van der Waals surface area (Å²) >= 11 is 1.64. The minimum Gasteiger partial charge on any atom is -0.364 e. The fourth-order valence-electron chi connectivity index (χ4n) is 2.80. The standard InChI is InChI=1S/C15H14F3NO2S2/c16-15(17,18)23(20,21)12-7-5-11(6-8-12)19-9-1-3-13(19)14-4-2-10-22-14/h2,4-8,10,13H,1,3,9H2. The first kappa shape index (κ1) is 16.3. The molecule has 0 spiro atoms. The molecule has 3 rings (SSSR count). The average molecular weight is 361 g/mol. The summed E-state index contributed by atoms with van der Waals surface area (Å²) in [5, 5.41) is 1.99. The molecule has 0 N–H and O–H groups in total. The van der Waals surface area contributed by atoms with E-state index in [0.29, 0.717) is 0 Å². The van der Waals surface area contributed by atoms with Crippen LogP contribution in [0.25, 0.3) is 0 Å². The molecule has 3 nitrogen and oxygen atoms in total. The zero-order valence-corrected chi connectivity index (χ0v) is 13.6. The number of anilines is 1. The molecule has 2 aromatic rings. The highest BCUT2D eigenvalue weighted by atomic mass is 32.2. The van der Waals surface area contributed by atoms with E-state index in [-0.39, 0.29) is 6.04 Å². The van der Waals surface area contributed by atoms with Gasteiger partial charge in [0.05, 0.1) is 10.9 Å². The van der Waals surface area contributed by atoms with Crippen LogP contribution in [0.2, 0.25) is 0 Å². The van der Waals surface area contributed by atoms with Crippen LogP contribution in [0.1, 0.15) is 23.8 Å². The van der Waals surface area contributed by atoms with Crippen molar-refractivity contribution >= 4 is 26.9 Å². The molecule has 0 saturated carbocycles. The van der Waals surface area contributed by atoms with Crippen LogP contribution < -0.4 is 4.90 Å². The summed E-state index contributed by atoms with van der Waals surface area (Å²) in [5.74, 6) is 0. The molecule has 1 unspecified atom stereocenters. The molecule has 0 aliphatic carbocycles. The Hall–Kier alpha value is -1.54. The van der Waals surface area contributed by atoms with Gasteiger partial charge in [-0.15, -0.1) is 11.3 Å². The number of alkyl halides is 3. The predicted molar refractivity (Wildman–Crippen MR) is 83.3 cm³/mol. The minimum absolute atomic E-state index is 0.195. The quantitative estimate of drug-likeness (QED) is 0.814. The molecule has 8 heteroatoms. The Morgan fingerprint density at radius 2 is 1.83 bits per heavy atom. The number of hydrogen-bond donors (Lipinski definition) is 0. The third-order valence-corrected chi connectivity index (χ3v) is 6.38. The van der Waals surface area contributed by atoms with E-state index in [0.717, 1.165) is 37.2 Å². The number of benzene rings is 1. The Bertz CT molecular complexity index is 768. The van der Waals surface area contributed by atoms with E-state index >= 15 is 0 Å². The molecule has 1 aliphatic heterocycles. The van der Waals surface area contributed by atoms with Gasteiger partial charge < -0.3 is 4.90 Å². The number of sulfone groups is 1. The highest BCUT2D eigenvalue weighted by Gasteiger charge is 2.46. The van der Waals surface area contributed by atoms with E-state index in [4.69, 9.17) is 0 Å². The van der Waals surface area contributed by atoms with Crippen molar-refractivity contribution in [3.05, 3.63) is 46.7 Å². The summed E-state index contributed by atoms with van der Waals surface area (Å²) in [4.78, 5) is 2.59. The van der Waals surface area contributed by atoms with Crippen LogP contribution in [0.15, 0.2) is 46.7 Å². The van der Waals surface area contributed by atoms with Gasteiger partial charge in [0, 0.05) is 17.1 Å². The molecule has 1 aliphatic rings. The molecular formula is C15H14F3NO2S2. The Morgan fingerprint density at radius 3 is 2.39 bits per heavy atom. The summed E-state index contributed by atoms with van der Waals surface area (Å²) in [7, 11) is -5.29. The van der Waals surface area contributed by atoms with Crippen LogP contribution in [0.4, 0.5) is 18.9 Å². The van der Waals surface area contributed by atoms with Crippen LogP contribution in [0.5, 0.6) is 0 Å². The molecule has 1 aromatic heterocycles. The molecule has 0 amide bonds. The summed E-state index contributed by atoms with van der Waals surface area (Å²) < 4.78 is 60.5. The van der Waals surface area contributed by atoms with Crippen molar-refractivity contribution in [1.82, 2.24) is 0 Å². The summed E-state index contributed by atoms with van der Waals surface area (Å²) in [6, 6.07) is 9.16. The second-order valence-electron chi connectivity index (χ2n) is 5.31. The van der Waals surface area contributed by atoms with Gasteiger partial charge >= 0.3 is 5.51 Å². The second-order valence-corrected chi connectivity index (χ2v) is 8.23. The zero-order valence-electron chi connectivity index (χ0n) is 12.0. The van der Waals surface area contributed by atoms with Gasteiger partial charge in [-0.05, 0) is 48.6 Å². The molecule has 2 heterocycles. The van der Waals surface area contributed by atoms with Crippen LogP contribution in [0, 0.1) is 0 Å². The Kier molecular flexibility index (Phi) is 4.14. The topological polar surface area (TPSA) is 37.4 Å².